The average molecular weight is 283 g/mol. The first-order chi connectivity index (χ1) is 9.00. The predicted molar refractivity (Wildman–Crippen MR) is 74.1 cm³/mol. The van der Waals surface area contributed by atoms with E-state index in [0.717, 1.165) is 5.56 Å². The summed E-state index contributed by atoms with van der Waals surface area (Å²) in [6, 6.07) is 6.34. The van der Waals surface area contributed by atoms with Gasteiger partial charge in [0.2, 0.25) is 0 Å². The van der Waals surface area contributed by atoms with Crippen LogP contribution in [-0.2, 0) is 16.4 Å². The van der Waals surface area contributed by atoms with Gasteiger partial charge in [0, 0.05) is 19.1 Å². The lowest BCUT2D eigenvalue weighted by Gasteiger charge is -2.26. The Morgan fingerprint density at radius 2 is 2.05 bits per heavy atom. The Labute approximate surface area is 113 Å². The molecule has 2 rings (SSSR count). The molecular formula is C14H18FNO2S. The molecule has 3 nitrogen and oxygen atoms in total. The second kappa shape index (κ2) is 5.84. The molecule has 0 N–H and O–H groups in total. The Hall–Kier alpha value is -1.20. The van der Waals surface area contributed by atoms with Crippen molar-refractivity contribution in [3.63, 3.8) is 0 Å². The van der Waals surface area contributed by atoms with E-state index in [9.17, 15) is 12.8 Å². The summed E-state index contributed by atoms with van der Waals surface area (Å²) < 4.78 is 36.0. The molecule has 0 radical (unpaired) electrons. The number of nitrogens with zero attached hydrogens (tertiary/aromatic N) is 1. The largest absolute Gasteiger partial charge is 0.291 e. The van der Waals surface area contributed by atoms with E-state index in [1.165, 1.54) is 12.1 Å². The van der Waals surface area contributed by atoms with Crippen molar-refractivity contribution in [3.8, 4) is 0 Å². The van der Waals surface area contributed by atoms with Crippen molar-refractivity contribution in [2.45, 2.75) is 19.0 Å². The summed E-state index contributed by atoms with van der Waals surface area (Å²) in [5.41, 5.74) is 0.979. The van der Waals surface area contributed by atoms with E-state index in [1.54, 1.807) is 18.2 Å². The Balaban J connectivity index is 2.08. The number of rotatable bonds is 5. The van der Waals surface area contributed by atoms with Crippen LogP contribution in [0.15, 0.2) is 36.9 Å². The summed E-state index contributed by atoms with van der Waals surface area (Å²) in [6.07, 6.45) is 2.44. The maximum absolute atomic E-state index is 12.9. The van der Waals surface area contributed by atoms with Crippen molar-refractivity contribution in [2.75, 3.05) is 18.1 Å². The molecule has 1 aliphatic heterocycles. The Kier molecular flexibility index (Phi) is 4.37. The topological polar surface area (TPSA) is 37.4 Å². The fourth-order valence-electron chi connectivity index (χ4n) is 2.40. The quantitative estimate of drug-likeness (QED) is 0.776. The van der Waals surface area contributed by atoms with Crippen LogP contribution in [0.25, 0.3) is 0 Å². The third-order valence-corrected chi connectivity index (χ3v) is 5.14. The van der Waals surface area contributed by atoms with Crippen LogP contribution in [0, 0.1) is 5.82 Å². The van der Waals surface area contributed by atoms with Gasteiger partial charge >= 0.3 is 0 Å². The Bertz CT molecular complexity index is 539. The minimum absolute atomic E-state index is 0.0352. The van der Waals surface area contributed by atoms with Crippen LogP contribution in [0.3, 0.4) is 0 Å². The van der Waals surface area contributed by atoms with Gasteiger partial charge in [-0.3, -0.25) is 4.90 Å². The van der Waals surface area contributed by atoms with Gasteiger partial charge in [-0.15, -0.1) is 6.58 Å². The molecule has 1 aromatic rings. The van der Waals surface area contributed by atoms with Crippen molar-refractivity contribution in [1.82, 2.24) is 4.90 Å². The number of halogens is 1. The number of sulfone groups is 1. The van der Waals surface area contributed by atoms with Crippen LogP contribution in [0.4, 0.5) is 4.39 Å². The number of benzene rings is 1. The van der Waals surface area contributed by atoms with E-state index in [2.05, 4.69) is 11.5 Å². The first-order valence-electron chi connectivity index (χ1n) is 6.30. The summed E-state index contributed by atoms with van der Waals surface area (Å²) in [4.78, 5) is 2.09. The van der Waals surface area contributed by atoms with E-state index in [0.29, 0.717) is 19.5 Å². The maximum atomic E-state index is 12.9. The molecule has 104 valence electrons. The van der Waals surface area contributed by atoms with Crippen LogP contribution in [-0.4, -0.2) is 37.4 Å². The van der Waals surface area contributed by atoms with Crippen molar-refractivity contribution in [2.24, 2.45) is 0 Å². The Morgan fingerprint density at radius 1 is 1.37 bits per heavy atom. The van der Waals surface area contributed by atoms with Gasteiger partial charge < -0.3 is 0 Å². The first kappa shape index (κ1) is 14.2. The van der Waals surface area contributed by atoms with E-state index in [1.807, 2.05) is 0 Å². The normalized spacial score (nSPS) is 21.7. The minimum atomic E-state index is -2.89. The summed E-state index contributed by atoms with van der Waals surface area (Å²) in [6.45, 7) is 4.97. The average Bonchev–Trinajstić information content (AvgIpc) is 2.72. The van der Waals surface area contributed by atoms with E-state index < -0.39 is 9.84 Å². The zero-order valence-electron chi connectivity index (χ0n) is 10.8. The van der Waals surface area contributed by atoms with Gasteiger partial charge in [-0.2, -0.15) is 0 Å². The van der Waals surface area contributed by atoms with Crippen LogP contribution in [0.2, 0.25) is 0 Å². The van der Waals surface area contributed by atoms with Crippen LogP contribution >= 0.6 is 0 Å². The highest BCUT2D eigenvalue weighted by molar-refractivity contribution is 7.91. The summed E-state index contributed by atoms with van der Waals surface area (Å²) in [5.74, 6) is 0.207. The molecule has 0 aromatic heterocycles. The summed E-state index contributed by atoms with van der Waals surface area (Å²) in [5, 5.41) is 0. The molecule has 0 saturated carbocycles. The molecule has 0 aliphatic carbocycles. The maximum Gasteiger partial charge on any atom is 0.151 e. The molecule has 5 heteroatoms. The SMILES string of the molecule is C=CCN(Cc1ccc(F)cc1)C1CCS(=O)(=O)C1. The first-order valence-corrected chi connectivity index (χ1v) is 8.12. The summed E-state index contributed by atoms with van der Waals surface area (Å²) in [7, 11) is -2.89. The number of hydrogen-bond acceptors (Lipinski definition) is 3. The standard InChI is InChI=1S/C14H18FNO2S/c1-2-8-16(14-7-9-19(17,18)11-14)10-12-3-5-13(15)6-4-12/h2-6,14H,1,7-11H2. The smallest absolute Gasteiger partial charge is 0.151 e. The second-order valence-corrected chi connectivity index (χ2v) is 7.13. The van der Waals surface area contributed by atoms with Crippen LogP contribution in [0.1, 0.15) is 12.0 Å². The van der Waals surface area contributed by atoms with Crippen LogP contribution < -0.4 is 0 Å². The highest BCUT2D eigenvalue weighted by Gasteiger charge is 2.31. The molecule has 0 amide bonds. The van der Waals surface area contributed by atoms with Gasteiger partial charge in [0.1, 0.15) is 5.82 Å². The lowest BCUT2D eigenvalue weighted by atomic mass is 10.1. The van der Waals surface area contributed by atoms with E-state index in [-0.39, 0.29) is 23.4 Å². The van der Waals surface area contributed by atoms with Gasteiger partial charge in [-0.1, -0.05) is 18.2 Å². The fraction of sp³-hybridized carbons (Fsp3) is 0.429. The Morgan fingerprint density at radius 3 is 2.58 bits per heavy atom. The molecule has 1 fully saturated rings. The lowest BCUT2D eigenvalue weighted by Crippen LogP contribution is -2.35. The van der Waals surface area contributed by atoms with E-state index in [4.69, 9.17) is 0 Å². The third-order valence-electron chi connectivity index (χ3n) is 3.39. The molecule has 0 spiro atoms. The molecule has 1 heterocycles. The van der Waals surface area contributed by atoms with Crippen molar-refractivity contribution >= 4 is 9.84 Å². The van der Waals surface area contributed by atoms with Gasteiger partial charge in [0.05, 0.1) is 11.5 Å². The predicted octanol–water partition coefficient (Wildman–Crippen LogP) is 2.00. The van der Waals surface area contributed by atoms with Crippen molar-refractivity contribution in [3.05, 3.63) is 48.3 Å². The minimum Gasteiger partial charge on any atom is -0.291 e. The molecule has 1 aromatic carbocycles. The third kappa shape index (κ3) is 3.88. The highest BCUT2D eigenvalue weighted by Crippen LogP contribution is 2.20. The van der Waals surface area contributed by atoms with Crippen LogP contribution in [0.5, 0.6) is 0 Å². The van der Waals surface area contributed by atoms with Gasteiger partial charge in [0.25, 0.3) is 0 Å². The van der Waals surface area contributed by atoms with Gasteiger partial charge in [0.15, 0.2) is 9.84 Å². The summed E-state index contributed by atoms with van der Waals surface area (Å²) >= 11 is 0. The highest BCUT2D eigenvalue weighted by atomic mass is 32.2. The molecule has 1 aliphatic rings. The monoisotopic (exact) mass is 283 g/mol. The molecule has 0 bridgehead atoms. The van der Waals surface area contributed by atoms with Crippen molar-refractivity contribution < 1.29 is 12.8 Å². The van der Waals surface area contributed by atoms with Crippen molar-refractivity contribution in [1.29, 1.82) is 0 Å². The van der Waals surface area contributed by atoms with Gasteiger partial charge in [-0.05, 0) is 24.1 Å². The van der Waals surface area contributed by atoms with E-state index >= 15 is 0 Å². The molecule has 1 saturated heterocycles. The molecule has 1 unspecified atom stereocenters. The zero-order valence-corrected chi connectivity index (χ0v) is 11.6. The van der Waals surface area contributed by atoms with Gasteiger partial charge in [-0.25, -0.2) is 12.8 Å². The number of hydrogen-bond donors (Lipinski definition) is 0. The molecular weight excluding hydrogens is 265 g/mol. The molecule has 19 heavy (non-hydrogen) atoms. The molecule has 1 atom stereocenters. The zero-order chi connectivity index (χ0) is 13.9. The lowest BCUT2D eigenvalue weighted by molar-refractivity contribution is 0.226. The second-order valence-electron chi connectivity index (χ2n) is 4.90. The fourth-order valence-corrected chi connectivity index (χ4v) is 4.16.